The molecule has 9 unspecified atom stereocenters. The molecule has 1 heterocycles. The monoisotopic (exact) mass is 486 g/mol. The van der Waals surface area contributed by atoms with Crippen LogP contribution in [0.25, 0.3) is 0 Å². The van der Waals surface area contributed by atoms with Crippen molar-refractivity contribution in [3.8, 4) is 5.75 Å². The number of aliphatic hydroxyl groups excluding tert-OH is 5. The highest BCUT2D eigenvalue weighted by molar-refractivity contribution is 5.89. The number of benzene rings is 1. The van der Waals surface area contributed by atoms with Gasteiger partial charge in [-0.3, -0.25) is 0 Å². The maximum Gasteiger partial charge on any atom is 0.338 e. The van der Waals surface area contributed by atoms with Crippen LogP contribution in [0.15, 0.2) is 24.3 Å². The Morgan fingerprint density at radius 2 is 1.76 bits per heavy atom. The first-order valence-electron chi connectivity index (χ1n) is 11.2. The van der Waals surface area contributed by atoms with Gasteiger partial charge in [0.2, 0.25) is 0 Å². The zero-order valence-corrected chi connectivity index (χ0v) is 19.2. The fourth-order valence-corrected chi connectivity index (χ4v) is 4.74. The van der Waals surface area contributed by atoms with Gasteiger partial charge in [-0.2, -0.15) is 0 Å². The standard InChI is InChI=1S/C23H34O11/c1-23(30)9-16(33-21(29)12-3-5-13(31-2)6-4-12)14(15(23)10-24)7-8-32-22-20(28)19(27)18(26)17(11-25)34-22/h3-6,14-20,22,24-28,30H,7-11H2,1-2H3. The molecule has 0 bridgehead atoms. The first kappa shape index (κ1) is 26.8. The van der Waals surface area contributed by atoms with E-state index in [1.54, 1.807) is 31.2 Å². The maximum atomic E-state index is 12.7. The van der Waals surface area contributed by atoms with Crippen molar-refractivity contribution in [2.24, 2.45) is 11.8 Å². The summed E-state index contributed by atoms with van der Waals surface area (Å²) in [6.07, 6.45) is -7.36. The lowest BCUT2D eigenvalue weighted by molar-refractivity contribution is -0.301. The number of hydrogen-bond donors (Lipinski definition) is 6. The molecule has 34 heavy (non-hydrogen) atoms. The Morgan fingerprint density at radius 3 is 2.35 bits per heavy atom. The van der Waals surface area contributed by atoms with Gasteiger partial charge in [-0.25, -0.2) is 4.79 Å². The molecule has 11 heteroatoms. The van der Waals surface area contributed by atoms with Gasteiger partial charge in [-0.1, -0.05) is 0 Å². The molecule has 192 valence electrons. The zero-order valence-electron chi connectivity index (χ0n) is 19.2. The Bertz CT molecular complexity index is 797. The van der Waals surface area contributed by atoms with Crippen LogP contribution in [0.5, 0.6) is 5.75 Å². The Hall–Kier alpha value is -1.83. The van der Waals surface area contributed by atoms with Crippen molar-refractivity contribution in [2.75, 3.05) is 26.9 Å². The van der Waals surface area contributed by atoms with E-state index < -0.39 is 66.8 Å². The van der Waals surface area contributed by atoms with Crippen LogP contribution >= 0.6 is 0 Å². The van der Waals surface area contributed by atoms with Crippen molar-refractivity contribution < 1.29 is 54.4 Å². The highest BCUT2D eigenvalue weighted by Crippen LogP contribution is 2.44. The van der Waals surface area contributed by atoms with Crippen LogP contribution < -0.4 is 4.74 Å². The Kier molecular flexibility index (Phi) is 8.87. The third-order valence-electron chi connectivity index (χ3n) is 6.77. The molecule has 2 aliphatic rings. The van der Waals surface area contributed by atoms with Crippen LogP contribution in [0.1, 0.15) is 30.1 Å². The number of methoxy groups -OCH3 is 1. The van der Waals surface area contributed by atoms with Crippen molar-refractivity contribution in [3.63, 3.8) is 0 Å². The Morgan fingerprint density at radius 1 is 1.09 bits per heavy atom. The minimum Gasteiger partial charge on any atom is -0.497 e. The average molecular weight is 487 g/mol. The number of carbonyl (C=O) groups excluding carboxylic acids is 1. The number of aliphatic hydroxyl groups is 6. The summed E-state index contributed by atoms with van der Waals surface area (Å²) in [6, 6.07) is 6.39. The van der Waals surface area contributed by atoms with E-state index in [1.165, 1.54) is 7.11 Å². The fourth-order valence-electron chi connectivity index (χ4n) is 4.74. The van der Waals surface area contributed by atoms with Gasteiger partial charge in [0.15, 0.2) is 6.29 Å². The molecule has 1 aliphatic carbocycles. The van der Waals surface area contributed by atoms with E-state index in [2.05, 4.69) is 0 Å². The number of rotatable bonds is 9. The van der Waals surface area contributed by atoms with Crippen molar-refractivity contribution in [1.29, 1.82) is 0 Å². The second kappa shape index (κ2) is 11.3. The Balaban J connectivity index is 1.65. The van der Waals surface area contributed by atoms with Crippen LogP contribution in [0.3, 0.4) is 0 Å². The molecular formula is C23H34O11. The molecule has 1 aromatic rings. The predicted molar refractivity (Wildman–Crippen MR) is 116 cm³/mol. The van der Waals surface area contributed by atoms with E-state index in [0.29, 0.717) is 11.3 Å². The molecule has 1 aliphatic heterocycles. The molecule has 2 fully saturated rings. The maximum absolute atomic E-state index is 12.7. The van der Waals surface area contributed by atoms with Gasteiger partial charge in [0, 0.05) is 24.9 Å². The number of ether oxygens (including phenoxy) is 4. The summed E-state index contributed by atoms with van der Waals surface area (Å²) in [5.74, 6) is -1.06. The van der Waals surface area contributed by atoms with Gasteiger partial charge in [0.05, 0.1) is 31.5 Å². The average Bonchev–Trinajstić information content (AvgIpc) is 3.07. The molecule has 6 N–H and O–H groups in total. The molecule has 1 aromatic carbocycles. The number of carbonyl (C=O) groups is 1. The van der Waals surface area contributed by atoms with Crippen molar-refractivity contribution in [3.05, 3.63) is 29.8 Å². The molecule has 0 radical (unpaired) electrons. The molecule has 11 nitrogen and oxygen atoms in total. The largest absolute Gasteiger partial charge is 0.497 e. The first-order chi connectivity index (χ1) is 16.1. The summed E-state index contributed by atoms with van der Waals surface area (Å²) in [5.41, 5.74) is -0.975. The fraction of sp³-hybridized carbons (Fsp3) is 0.696. The molecule has 0 amide bonds. The Labute approximate surface area is 197 Å². The lowest BCUT2D eigenvalue weighted by Crippen LogP contribution is -2.59. The smallest absolute Gasteiger partial charge is 0.338 e. The summed E-state index contributed by atoms with van der Waals surface area (Å²) < 4.78 is 21.7. The second-order valence-corrected chi connectivity index (χ2v) is 9.04. The van der Waals surface area contributed by atoms with Gasteiger partial charge < -0.3 is 49.6 Å². The molecule has 1 saturated heterocycles. The third kappa shape index (κ3) is 5.69. The molecular weight excluding hydrogens is 452 g/mol. The van der Waals surface area contributed by atoms with E-state index in [1.807, 2.05) is 0 Å². The van der Waals surface area contributed by atoms with Crippen LogP contribution in [-0.4, -0.2) is 106 Å². The van der Waals surface area contributed by atoms with Crippen molar-refractivity contribution in [2.45, 2.75) is 62.2 Å². The topological polar surface area (TPSA) is 175 Å². The van der Waals surface area contributed by atoms with Crippen LogP contribution in [0.4, 0.5) is 0 Å². The molecule has 1 saturated carbocycles. The summed E-state index contributed by atoms with van der Waals surface area (Å²) in [6.45, 7) is 0.623. The lowest BCUT2D eigenvalue weighted by atomic mass is 9.86. The van der Waals surface area contributed by atoms with Crippen molar-refractivity contribution in [1.82, 2.24) is 0 Å². The van der Waals surface area contributed by atoms with Crippen molar-refractivity contribution >= 4 is 5.97 Å². The van der Waals surface area contributed by atoms with E-state index in [0.717, 1.165) is 0 Å². The zero-order chi connectivity index (χ0) is 25.0. The molecule has 3 rings (SSSR count). The first-order valence-corrected chi connectivity index (χ1v) is 11.2. The van der Waals surface area contributed by atoms with Gasteiger partial charge >= 0.3 is 5.97 Å². The predicted octanol–water partition coefficient (Wildman–Crippen LogP) is -1.19. The van der Waals surface area contributed by atoms with E-state index >= 15 is 0 Å². The van der Waals surface area contributed by atoms with Gasteiger partial charge in [0.25, 0.3) is 0 Å². The highest BCUT2D eigenvalue weighted by atomic mass is 16.7. The summed E-state index contributed by atoms with van der Waals surface area (Å²) in [4.78, 5) is 12.7. The highest BCUT2D eigenvalue weighted by Gasteiger charge is 2.51. The summed E-state index contributed by atoms with van der Waals surface area (Å²) in [7, 11) is 1.51. The van der Waals surface area contributed by atoms with Crippen LogP contribution in [-0.2, 0) is 14.2 Å². The van der Waals surface area contributed by atoms with Gasteiger partial charge in [-0.15, -0.1) is 0 Å². The molecule has 0 aromatic heterocycles. The summed E-state index contributed by atoms with van der Waals surface area (Å²) >= 11 is 0. The number of esters is 1. The third-order valence-corrected chi connectivity index (χ3v) is 6.77. The van der Waals surface area contributed by atoms with Crippen LogP contribution in [0, 0.1) is 11.8 Å². The van der Waals surface area contributed by atoms with E-state index in [-0.39, 0.29) is 26.1 Å². The van der Waals surface area contributed by atoms with E-state index in [9.17, 15) is 35.4 Å². The quantitative estimate of drug-likeness (QED) is 0.231. The molecule has 0 spiro atoms. The lowest BCUT2D eigenvalue weighted by Gasteiger charge is -2.39. The minimum atomic E-state index is -1.56. The van der Waals surface area contributed by atoms with E-state index in [4.69, 9.17) is 18.9 Å². The normalized spacial score (nSPS) is 38.0. The second-order valence-electron chi connectivity index (χ2n) is 9.04. The van der Waals surface area contributed by atoms with Gasteiger partial charge in [-0.05, 0) is 37.6 Å². The number of hydrogen-bond acceptors (Lipinski definition) is 11. The van der Waals surface area contributed by atoms with Crippen LogP contribution in [0.2, 0.25) is 0 Å². The van der Waals surface area contributed by atoms with Gasteiger partial charge in [0.1, 0.15) is 36.3 Å². The molecule has 9 atom stereocenters. The minimum absolute atomic E-state index is 0.0312. The summed E-state index contributed by atoms with van der Waals surface area (Å²) in [5, 5.41) is 59.9. The SMILES string of the molecule is COc1ccc(C(=O)OC2CC(C)(O)C(CO)C2CCOC2OC(CO)C(O)C(O)C2O)cc1.